The summed E-state index contributed by atoms with van der Waals surface area (Å²) < 4.78 is 6.45. The lowest BCUT2D eigenvalue weighted by atomic mass is 10.0. The van der Waals surface area contributed by atoms with E-state index in [1.165, 1.54) is 24.3 Å². The summed E-state index contributed by atoms with van der Waals surface area (Å²) in [6.45, 7) is 6.60. The first kappa shape index (κ1) is 19.9. The van der Waals surface area contributed by atoms with Crippen LogP contribution in [0, 0.1) is 0 Å². The number of allylic oxidation sites excluding steroid dienone is 1. The van der Waals surface area contributed by atoms with Crippen LogP contribution in [-0.4, -0.2) is 64.4 Å². The molecule has 30 heavy (non-hydrogen) atoms. The van der Waals surface area contributed by atoms with E-state index in [4.69, 9.17) is 4.74 Å². The molecule has 3 heterocycles. The fourth-order valence-corrected chi connectivity index (χ4v) is 6.18. The Labute approximate surface area is 182 Å². The van der Waals surface area contributed by atoms with Crippen LogP contribution >= 0.6 is 11.8 Å². The number of thioether (sulfide) groups is 1. The van der Waals surface area contributed by atoms with Crippen molar-refractivity contribution in [3.8, 4) is 5.75 Å². The molecule has 2 amide bonds. The molecular weight excluding hydrogens is 398 g/mol. The molecule has 3 aliphatic heterocycles. The number of fused-ring (bicyclic) bond motifs is 1. The molecule has 1 aromatic rings. The number of hydrogen-bond acceptors (Lipinski definition) is 5. The summed E-state index contributed by atoms with van der Waals surface area (Å²) in [5.41, 5.74) is 2.38. The van der Waals surface area contributed by atoms with Gasteiger partial charge in [0.2, 0.25) is 5.91 Å². The molecule has 1 aromatic carbocycles. The third kappa shape index (κ3) is 3.73. The van der Waals surface area contributed by atoms with Gasteiger partial charge in [0.25, 0.3) is 5.91 Å². The molecule has 4 aliphatic rings. The topological polar surface area (TPSA) is 61.9 Å². The van der Waals surface area contributed by atoms with Crippen molar-refractivity contribution in [1.29, 1.82) is 0 Å². The van der Waals surface area contributed by atoms with Gasteiger partial charge in [-0.25, -0.2) is 0 Å². The highest BCUT2D eigenvalue weighted by atomic mass is 32.2. The molecule has 160 valence electrons. The molecule has 6 nitrogen and oxygen atoms in total. The molecule has 0 bridgehead atoms. The quantitative estimate of drug-likeness (QED) is 0.801. The van der Waals surface area contributed by atoms with Gasteiger partial charge in [0.05, 0.1) is 0 Å². The van der Waals surface area contributed by atoms with E-state index in [1.807, 2.05) is 30.0 Å². The number of rotatable bonds is 4. The monoisotopic (exact) mass is 427 g/mol. The standard InChI is InChI=1S/C23H29N3O3S/c1-15-5-8-20(22(27)24-15)26-14-16-13-17(6-7-18(16)23(26)28)29-21-4-2-3-19(21)25-9-11-30-12-10-25/h6-7,13,19-21H,1-5,8-12,14H2,(H,24,27)/t19-,20?,21+/m1/s1. The minimum atomic E-state index is -0.420. The van der Waals surface area contributed by atoms with Crippen molar-refractivity contribution < 1.29 is 14.3 Å². The zero-order valence-electron chi connectivity index (χ0n) is 17.3. The second kappa shape index (κ2) is 8.27. The predicted octanol–water partition coefficient (Wildman–Crippen LogP) is 2.78. The molecule has 1 unspecified atom stereocenters. The Morgan fingerprint density at radius 1 is 1.13 bits per heavy atom. The second-order valence-corrected chi connectivity index (χ2v) is 9.93. The number of nitrogens with one attached hydrogen (secondary N) is 1. The number of benzene rings is 1. The fourth-order valence-electron chi connectivity index (χ4n) is 5.25. The van der Waals surface area contributed by atoms with E-state index in [9.17, 15) is 9.59 Å². The Morgan fingerprint density at radius 2 is 1.97 bits per heavy atom. The predicted molar refractivity (Wildman–Crippen MR) is 118 cm³/mol. The molecule has 0 aromatic heterocycles. The number of amides is 2. The highest BCUT2D eigenvalue weighted by Crippen LogP contribution is 2.34. The van der Waals surface area contributed by atoms with Crippen molar-refractivity contribution in [3.63, 3.8) is 0 Å². The summed E-state index contributed by atoms with van der Waals surface area (Å²) in [5, 5.41) is 2.79. The van der Waals surface area contributed by atoms with Crippen LogP contribution in [-0.2, 0) is 11.3 Å². The lowest BCUT2D eigenvalue weighted by Crippen LogP contribution is -2.49. The van der Waals surface area contributed by atoms with E-state index < -0.39 is 6.04 Å². The number of hydrogen-bond donors (Lipinski definition) is 1. The summed E-state index contributed by atoms with van der Waals surface area (Å²) in [6, 6.07) is 5.87. The van der Waals surface area contributed by atoms with Crippen molar-refractivity contribution >= 4 is 23.6 Å². The van der Waals surface area contributed by atoms with Gasteiger partial charge in [-0.1, -0.05) is 6.58 Å². The average molecular weight is 428 g/mol. The Kier molecular flexibility index (Phi) is 5.50. The van der Waals surface area contributed by atoms with Crippen LogP contribution < -0.4 is 10.1 Å². The van der Waals surface area contributed by atoms with Gasteiger partial charge in [-0.3, -0.25) is 14.5 Å². The first-order chi connectivity index (χ1) is 14.6. The van der Waals surface area contributed by atoms with Gasteiger partial charge in [-0.15, -0.1) is 0 Å². The van der Waals surface area contributed by atoms with Crippen molar-refractivity contribution in [2.24, 2.45) is 0 Å². The smallest absolute Gasteiger partial charge is 0.255 e. The van der Waals surface area contributed by atoms with Gasteiger partial charge in [-0.2, -0.15) is 11.8 Å². The molecule has 0 radical (unpaired) electrons. The molecule has 1 aliphatic carbocycles. The van der Waals surface area contributed by atoms with E-state index >= 15 is 0 Å². The fraction of sp³-hybridized carbons (Fsp3) is 0.565. The lowest BCUT2D eigenvalue weighted by Gasteiger charge is -2.35. The SMILES string of the molecule is C=C1CCC(N2Cc3cc(O[C@H]4CCC[C@H]4N4CCSCC4)ccc3C2=O)C(=O)N1. The first-order valence-electron chi connectivity index (χ1n) is 11.0. The van der Waals surface area contributed by atoms with Crippen LogP contribution in [0.5, 0.6) is 5.75 Å². The molecule has 3 atom stereocenters. The van der Waals surface area contributed by atoms with Crippen LogP contribution in [0.25, 0.3) is 0 Å². The van der Waals surface area contributed by atoms with Crippen molar-refractivity contribution in [2.75, 3.05) is 24.6 Å². The highest BCUT2D eigenvalue weighted by Gasteiger charge is 2.39. The van der Waals surface area contributed by atoms with Crippen LogP contribution in [0.4, 0.5) is 0 Å². The van der Waals surface area contributed by atoms with Crippen molar-refractivity contribution in [3.05, 3.63) is 41.6 Å². The summed E-state index contributed by atoms with van der Waals surface area (Å²) >= 11 is 2.04. The number of nitrogens with zero attached hydrogens (tertiary/aromatic N) is 2. The molecule has 5 rings (SSSR count). The molecule has 1 saturated carbocycles. The van der Waals surface area contributed by atoms with Crippen LogP contribution in [0.1, 0.15) is 48.0 Å². The Balaban J connectivity index is 1.28. The van der Waals surface area contributed by atoms with Crippen LogP contribution in [0.3, 0.4) is 0 Å². The van der Waals surface area contributed by atoms with Gasteiger partial charge < -0.3 is 15.0 Å². The van der Waals surface area contributed by atoms with E-state index in [-0.39, 0.29) is 17.9 Å². The maximum atomic E-state index is 12.9. The van der Waals surface area contributed by atoms with Gasteiger partial charge >= 0.3 is 0 Å². The molecular formula is C23H29N3O3S. The van der Waals surface area contributed by atoms with Gasteiger partial charge in [0.1, 0.15) is 17.9 Å². The number of ether oxygens (including phenoxy) is 1. The summed E-state index contributed by atoms with van der Waals surface area (Å²) in [6.07, 6.45) is 5.05. The molecule has 2 saturated heterocycles. The average Bonchev–Trinajstić information content (AvgIpc) is 3.33. The second-order valence-electron chi connectivity index (χ2n) is 8.70. The summed E-state index contributed by atoms with van der Waals surface area (Å²) in [5.74, 6) is 3.07. The van der Waals surface area contributed by atoms with Crippen molar-refractivity contribution in [1.82, 2.24) is 15.1 Å². The molecule has 0 spiro atoms. The lowest BCUT2D eigenvalue weighted by molar-refractivity contribution is -0.126. The maximum Gasteiger partial charge on any atom is 0.255 e. The number of carbonyl (C=O) groups excluding carboxylic acids is 2. The summed E-state index contributed by atoms with van der Waals surface area (Å²) in [7, 11) is 0. The van der Waals surface area contributed by atoms with Gasteiger partial charge in [0, 0.05) is 48.4 Å². The first-order valence-corrected chi connectivity index (χ1v) is 12.2. The molecule has 1 N–H and O–H groups in total. The van der Waals surface area contributed by atoms with Crippen molar-refractivity contribution in [2.45, 2.75) is 56.8 Å². The zero-order valence-corrected chi connectivity index (χ0v) is 18.1. The maximum absolute atomic E-state index is 12.9. The van der Waals surface area contributed by atoms with E-state index in [0.717, 1.165) is 36.5 Å². The number of carbonyl (C=O) groups is 2. The Bertz CT molecular complexity index is 867. The number of piperidine rings is 1. The third-order valence-corrected chi connectivity index (χ3v) is 7.77. The summed E-state index contributed by atoms with van der Waals surface area (Å²) in [4.78, 5) is 29.6. The van der Waals surface area contributed by atoms with Gasteiger partial charge in [-0.05, 0) is 55.9 Å². The Hall–Kier alpha value is -1.99. The third-order valence-electron chi connectivity index (χ3n) is 6.83. The normalized spacial score (nSPS) is 29.8. The Morgan fingerprint density at radius 3 is 2.77 bits per heavy atom. The largest absolute Gasteiger partial charge is 0.489 e. The van der Waals surface area contributed by atoms with E-state index in [2.05, 4.69) is 16.8 Å². The van der Waals surface area contributed by atoms with E-state index in [0.29, 0.717) is 31.0 Å². The minimum absolute atomic E-state index is 0.0613. The molecule has 3 fully saturated rings. The molecule has 7 heteroatoms. The van der Waals surface area contributed by atoms with Crippen LogP contribution in [0.15, 0.2) is 30.5 Å². The highest BCUT2D eigenvalue weighted by molar-refractivity contribution is 7.99. The minimum Gasteiger partial charge on any atom is -0.489 e. The van der Waals surface area contributed by atoms with Gasteiger partial charge in [0.15, 0.2) is 0 Å². The van der Waals surface area contributed by atoms with E-state index in [1.54, 1.807) is 4.90 Å². The van der Waals surface area contributed by atoms with Crippen LogP contribution in [0.2, 0.25) is 0 Å². The zero-order chi connectivity index (χ0) is 20.7.